The van der Waals surface area contributed by atoms with Gasteiger partial charge in [-0.15, -0.1) is 0 Å². The summed E-state index contributed by atoms with van der Waals surface area (Å²) >= 11 is 0. The second kappa shape index (κ2) is 6.65. The van der Waals surface area contributed by atoms with Crippen LogP contribution >= 0.6 is 0 Å². The molecule has 1 amide bonds. The largest absolute Gasteiger partial charge is 0.496 e. The Morgan fingerprint density at radius 2 is 1.86 bits per heavy atom. The van der Waals surface area contributed by atoms with Gasteiger partial charge in [-0.1, -0.05) is 29.8 Å². The summed E-state index contributed by atoms with van der Waals surface area (Å²) in [6.07, 6.45) is 0. The average molecular weight is 297 g/mol. The van der Waals surface area contributed by atoms with E-state index in [1.165, 1.54) is 0 Å². The molecule has 116 valence electrons. The fourth-order valence-electron chi connectivity index (χ4n) is 2.54. The van der Waals surface area contributed by atoms with Crippen molar-refractivity contribution in [3.8, 4) is 5.75 Å². The van der Waals surface area contributed by atoms with Crippen molar-refractivity contribution < 1.29 is 9.53 Å². The van der Waals surface area contributed by atoms with E-state index in [-0.39, 0.29) is 11.9 Å². The van der Waals surface area contributed by atoms with Crippen LogP contribution in [-0.2, 0) is 0 Å². The number of carbonyl (C=O) groups is 1. The molecule has 2 rings (SSSR count). The van der Waals surface area contributed by atoms with E-state index in [4.69, 9.17) is 4.74 Å². The predicted octanol–water partition coefficient (Wildman–Crippen LogP) is 4.11. The van der Waals surface area contributed by atoms with Gasteiger partial charge in [0.25, 0.3) is 5.91 Å². The molecule has 3 heteroatoms. The maximum Gasteiger partial charge on any atom is 0.252 e. The smallest absolute Gasteiger partial charge is 0.252 e. The number of nitrogens with one attached hydrogen (secondary N) is 1. The summed E-state index contributed by atoms with van der Waals surface area (Å²) in [5.74, 6) is 0.733. The van der Waals surface area contributed by atoms with E-state index >= 15 is 0 Å². The van der Waals surface area contributed by atoms with Crippen LogP contribution in [-0.4, -0.2) is 13.0 Å². The number of methoxy groups -OCH3 is 1. The Hall–Kier alpha value is -2.29. The lowest BCUT2D eigenvalue weighted by Crippen LogP contribution is -2.27. The van der Waals surface area contributed by atoms with Crippen molar-refractivity contribution in [1.82, 2.24) is 5.32 Å². The quantitative estimate of drug-likeness (QED) is 0.922. The second-order valence-electron chi connectivity index (χ2n) is 5.69. The summed E-state index contributed by atoms with van der Waals surface area (Å²) in [7, 11) is 1.65. The summed E-state index contributed by atoms with van der Waals surface area (Å²) in [5.41, 5.74) is 4.99. The molecule has 0 saturated carbocycles. The van der Waals surface area contributed by atoms with E-state index in [0.717, 1.165) is 33.6 Å². The second-order valence-corrected chi connectivity index (χ2v) is 5.69. The van der Waals surface area contributed by atoms with Crippen molar-refractivity contribution in [2.75, 3.05) is 7.11 Å². The number of benzene rings is 2. The molecule has 1 unspecified atom stereocenters. The lowest BCUT2D eigenvalue weighted by atomic mass is 10.0. The van der Waals surface area contributed by atoms with Crippen molar-refractivity contribution in [3.05, 3.63) is 64.2 Å². The van der Waals surface area contributed by atoms with E-state index in [9.17, 15) is 4.79 Å². The Labute approximate surface area is 132 Å². The minimum absolute atomic E-state index is 0.0581. The standard InChI is InChI=1S/C19H23NO2/c1-12-9-10-18(22-5)17(11-12)15(4)20-19(21)16-8-6-7-13(2)14(16)3/h6-11,15H,1-5H3,(H,20,21). The Morgan fingerprint density at radius 1 is 1.14 bits per heavy atom. The maximum atomic E-state index is 12.5. The summed E-state index contributed by atoms with van der Waals surface area (Å²) in [6, 6.07) is 11.6. The van der Waals surface area contributed by atoms with Crippen LogP contribution in [0.2, 0.25) is 0 Å². The molecular formula is C19H23NO2. The molecular weight excluding hydrogens is 274 g/mol. The van der Waals surface area contributed by atoms with Crippen LogP contribution in [0.1, 0.15) is 45.6 Å². The molecule has 1 atom stereocenters. The molecule has 0 aliphatic rings. The number of carbonyl (C=O) groups excluding carboxylic acids is 1. The topological polar surface area (TPSA) is 38.3 Å². The Morgan fingerprint density at radius 3 is 2.55 bits per heavy atom. The van der Waals surface area contributed by atoms with Crippen molar-refractivity contribution >= 4 is 5.91 Å². The number of hydrogen-bond donors (Lipinski definition) is 1. The van der Waals surface area contributed by atoms with E-state index in [1.54, 1.807) is 7.11 Å². The first-order valence-electron chi connectivity index (χ1n) is 7.45. The number of rotatable bonds is 4. The zero-order valence-electron chi connectivity index (χ0n) is 13.9. The lowest BCUT2D eigenvalue weighted by molar-refractivity contribution is 0.0939. The molecule has 0 radical (unpaired) electrons. The molecule has 0 bridgehead atoms. The monoisotopic (exact) mass is 297 g/mol. The summed E-state index contributed by atoms with van der Waals surface area (Å²) in [4.78, 5) is 12.5. The van der Waals surface area contributed by atoms with Crippen LogP contribution in [0.15, 0.2) is 36.4 Å². The van der Waals surface area contributed by atoms with Crippen LogP contribution in [0.5, 0.6) is 5.75 Å². The fourth-order valence-corrected chi connectivity index (χ4v) is 2.54. The highest BCUT2D eigenvalue weighted by molar-refractivity contribution is 5.96. The van der Waals surface area contributed by atoms with Gasteiger partial charge in [0.15, 0.2) is 0 Å². The molecule has 0 saturated heterocycles. The molecule has 22 heavy (non-hydrogen) atoms. The van der Waals surface area contributed by atoms with Gasteiger partial charge in [-0.3, -0.25) is 4.79 Å². The first-order valence-corrected chi connectivity index (χ1v) is 7.45. The Kier molecular flexibility index (Phi) is 4.86. The maximum absolute atomic E-state index is 12.5. The number of amides is 1. The Balaban J connectivity index is 2.25. The highest BCUT2D eigenvalue weighted by Crippen LogP contribution is 2.26. The highest BCUT2D eigenvalue weighted by atomic mass is 16.5. The number of aryl methyl sites for hydroxylation is 2. The molecule has 2 aromatic carbocycles. The third kappa shape index (κ3) is 3.30. The summed E-state index contributed by atoms with van der Waals surface area (Å²) in [5, 5.41) is 3.06. The van der Waals surface area contributed by atoms with Gasteiger partial charge >= 0.3 is 0 Å². The lowest BCUT2D eigenvalue weighted by Gasteiger charge is -2.19. The third-order valence-corrected chi connectivity index (χ3v) is 4.05. The highest BCUT2D eigenvalue weighted by Gasteiger charge is 2.17. The number of hydrogen-bond acceptors (Lipinski definition) is 2. The third-order valence-electron chi connectivity index (χ3n) is 4.05. The Bertz CT molecular complexity index is 692. The van der Waals surface area contributed by atoms with Gasteiger partial charge < -0.3 is 10.1 Å². The van der Waals surface area contributed by atoms with Crippen LogP contribution in [0.25, 0.3) is 0 Å². The zero-order chi connectivity index (χ0) is 16.3. The van der Waals surface area contributed by atoms with Crippen molar-refractivity contribution in [2.24, 2.45) is 0 Å². The minimum atomic E-state index is -0.123. The molecule has 0 aliphatic heterocycles. The minimum Gasteiger partial charge on any atom is -0.496 e. The molecule has 0 aliphatic carbocycles. The molecule has 0 spiro atoms. The van der Waals surface area contributed by atoms with Gasteiger partial charge in [0.1, 0.15) is 5.75 Å². The van der Waals surface area contributed by atoms with Crippen molar-refractivity contribution in [2.45, 2.75) is 33.7 Å². The first kappa shape index (κ1) is 16.1. The van der Waals surface area contributed by atoms with E-state index in [2.05, 4.69) is 5.32 Å². The molecule has 2 aromatic rings. The molecule has 3 nitrogen and oxygen atoms in total. The van der Waals surface area contributed by atoms with Crippen LogP contribution in [0, 0.1) is 20.8 Å². The van der Waals surface area contributed by atoms with Gasteiger partial charge in [0.05, 0.1) is 13.2 Å². The zero-order valence-corrected chi connectivity index (χ0v) is 13.9. The van der Waals surface area contributed by atoms with Crippen LogP contribution in [0.3, 0.4) is 0 Å². The van der Waals surface area contributed by atoms with E-state index in [0.29, 0.717) is 0 Å². The normalized spacial score (nSPS) is 11.9. The fraction of sp³-hybridized carbons (Fsp3) is 0.316. The van der Waals surface area contributed by atoms with Gasteiger partial charge in [-0.05, 0) is 51.0 Å². The van der Waals surface area contributed by atoms with Crippen LogP contribution < -0.4 is 10.1 Å². The molecule has 0 fully saturated rings. The van der Waals surface area contributed by atoms with Crippen molar-refractivity contribution in [1.29, 1.82) is 0 Å². The first-order chi connectivity index (χ1) is 10.4. The SMILES string of the molecule is COc1ccc(C)cc1C(C)NC(=O)c1cccc(C)c1C. The molecule has 0 aromatic heterocycles. The van der Waals surface area contributed by atoms with E-state index in [1.807, 2.05) is 64.1 Å². The summed E-state index contributed by atoms with van der Waals surface area (Å²) in [6.45, 7) is 7.99. The number of ether oxygens (including phenoxy) is 1. The van der Waals surface area contributed by atoms with Gasteiger partial charge in [0.2, 0.25) is 0 Å². The van der Waals surface area contributed by atoms with Gasteiger partial charge in [-0.2, -0.15) is 0 Å². The predicted molar refractivity (Wildman–Crippen MR) is 89.5 cm³/mol. The van der Waals surface area contributed by atoms with E-state index < -0.39 is 0 Å². The van der Waals surface area contributed by atoms with Gasteiger partial charge in [0, 0.05) is 11.1 Å². The van der Waals surface area contributed by atoms with Crippen LogP contribution in [0.4, 0.5) is 0 Å². The van der Waals surface area contributed by atoms with Gasteiger partial charge in [-0.25, -0.2) is 0 Å². The summed E-state index contributed by atoms with van der Waals surface area (Å²) < 4.78 is 5.40. The average Bonchev–Trinajstić information content (AvgIpc) is 2.49. The molecule has 0 heterocycles. The van der Waals surface area contributed by atoms with Crippen molar-refractivity contribution in [3.63, 3.8) is 0 Å². The molecule has 1 N–H and O–H groups in total.